The Balaban J connectivity index is 1.90. The number of benzene rings is 2. The molecule has 0 bridgehead atoms. The van der Waals surface area contributed by atoms with E-state index in [2.05, 4.69) is 0 Å². The SMILES string of the molecule is C[C@@]1(c2ccccc2)OCCC2=C(c3ccccc3)C(=O)O[C@]21O. The molecule has 122 valence electrons. The van der Waals surface area contributed by atoms with Gasteiger partial charge in [0, 0.05) is 5.57 Å². The first-order valence-electron chi connectivity index (χ1n) is 8.00. The smallest absolute Gasteiger partial charge is 0.341 e. The molecule has 2 heterocycles. The van der Waals surface area contributed by atoms with E-state index >= 15 is 0 Å². The van der Waals surface area contributed by atoms with Crippen LogP contribution in [0.5, 0.6) is 0 Å². The molecule has 4 rings (SSSR count). The minimum absolute atomic E-state index is 0.413. The van der Waals surface area contributed by atoms with Crippen LogP contribution in [0.4, 0.5) is 0 Å². The number of ether oxygens (including phenoxy) is 2. The van der Waals surface area contributed by atoms with Gasteiger partial charge in [0.2, 0.25) is 0 Å². The van der Waals surface area contributed by atoms with Crippen molar-refractivity contribution in [2.75, 3.05) is 6.61 Å². The van der Waals surface area contributed by atoms with Gasteiger partial charge in [-0.1, -0.05) is 60.7 Å². The Bertz CT molecular complexity index is 812. The van der Waals surface area contributed by atoms with Gasteiger partial charge in [0.05, 0.1) is 12.2 Å². The summed E-state index contributed by atoms with van der Waals surface area (Å²) in [6, 6.07) is 18.7. The van der Waals surface area contributed by atoms with Gasteiger partial charge in [-0.05, 0) is 24.5 Å². The van der Waals surface area contributed by atoms with Crippen molar-refractivity contribution < 1.29 is 19.4 Å². The normalized spacial score (nSPS) is 29.3. The van der Waals surface area contributed by atoms with E-state index in [0.717, 1.165) is 11.1 Å². The van der Waals surface area contributed by atoms with Crippen molar-refractivity contribution in [3.63, 3.8) is 0 Å². The van der Waals surface area contributed by atoms with E-state index in [0.29, 0.717) is 24.2 Å². The Morgan fingerprint density at radius 2 is 1.62 bits per heavy atom. The number of fused-ring (bicyclic) bond motifs is 1. The van der Waals surface area contributed by atoms with E-state index in [9.17, 15) is 9.90 Å². The maximum Gasteiger partial charge on any atom is 0.341 e. The van der Waals surface area contributed by atoms with Crippen molar-refractivity contribution in [1.82, 2.24) is 0 Å². The van der Waals surface area contributed by atoms with Gasteiger partial charge in [0.1, 0.15) is 0 Å². The minimum Gasteiger partial charge on any atom is -0.422 e. The molecule has 1 fully saturated rings. The number of esters is 1. The summed E-state index contributed by atoms with van der Waals surface area (Å²) in [4.78, 5) is 12.6. The third-order valence-electron chi connectivity index (χ3n) is 4.93. The minimum atomic E-state index is -1.80. The second-order valence-corrected chi connectivity index (χ2v) is 6.25. The van der Waals surface area contributed by atoms with Crippen LogP contribution >= 0.6 is 0 Å². The fourth-order valence-corrected chi connectivity index (χ4v) is 3.61. The quantitative estimate of drug-likeness (QED) is 0.864. The molecule has 0 spiro atoms. The van der Waals surface area contributed by atoms with Crippen LogP contribution in [0.15, 0.2) is 66.2 Å². The molecular formula is C20H18O4. The Labute approximate surface area is 140 Å². The molecule has 2 atom stereocenters. The van der Waals surface area contributed by atoms with Gasteiger partial charge >= 0.3 is 5.97 Å². The molecule has 24 heavy (non-hydrogen) atoms. The molecule has 2 aliphatic heterocycles. The molecule has 4 nitrogen and oxygen atoms in total. The van der Waals surface area contributed by atoms with E-state index in [1.54, 1.807) is 6.92 Å². The van der Waals surface area contributed by atoms with Crippen LogP contribution in [-0.2, 0) is 19.9 Å². The van der Waals surface area contributed by atoms with Crippen LogP contribution in [0, 0.1) is 0 Å². The lowest BCUT2D eigenvalue weighted by Crippen LogP contribution is -2.56. The van der Waals surface area contributed by atoms with Crippen molar-refractivity contribution >= 4 is 11.5 Å². The van der Waals surface area contributed by atoms with Gasteiger partial charge in [-0.3, -0.25) is 0 Å². The third kappa shape index (κ3) is 1.97. The van der Waals surface area contributed by atoms with Crippen molar-refractivity contribution in [2.24, 2.45) is 0 Å². The predicted molar refractivity (Wildman–Crippen MR) is 88.8 cm³/mol. The van der Waals surface area contributed by atoms with Crippen LogP contribution in [0.2, 0.25) is 0 Å². The molecule has 1 saturated heterocycles. The number of rotatable bonds is 2. The largest absolute Gasteiger partial charge is 0.422 e. The Morgan fingerprint density at radius 1 is 1.00 bits per heavy atom. The fourth-order valence-electron chi connectivity index (χ4n) is 3.61. The van der Waals surface area contributed by atoms with Gasteiger partial charge in [0.25, 0.3) is 5.79 Å². The molecule has 4 heteroatoms. The van der Waals surface area contributed by atoms with Crippen LogP contribution in [0.25, 0.3) is 5.57 Å². The van der Waals surface area contributed by atoms with Crippen LogP contribution in [-0.4, -0.2) is 23.5 Å². The maximum atomic E-state index is 12.6. The highest BCUT2D eigenvalue weighted by Gasteiger charge is 2.62. The molecule has 2 aliphatic rings. The third-order valence-corrected chi connectivity index (χ3v) is 4.93. The maximum absolute atomic E-state index is 12.6. The molecular weight excluding hydrogens is 304 g/mol. The lowest BCUT2D eigenvalue weighted by Gasteiger charge is -2.45. The van der Waals surface area contributed by atoms with Gasteiger partial charge in [-0.25, -0.2) is 4.79 Å². The number of carbonyl (C=O) groups excluding carboxylic acids is 1. The molecule has 0 radical (unpaired) electrons. The second-order valence-electron chi connectivity index (χ2n) is 6.25. The van der Waals surface area contributed by atoms with Crippen LogP contribution in [0.1, 0.15) is 24.5 Å². The summed E-state index contributed by atoms with van der Waals surface area (Å²) in [7, 11) is 0. The summed E-state index contributed by atoms with van der Waals surface area (Å²) in [6.45, 7) is 2.18. The standard InChI is InChI=1S/C20H18O4/c1-19(15-10-6-3-7-11-15)20(22)16(12-13-23-19)17(18(21)24-20)14-8-4-2-5-9-14/h2-11,22H,12-13H2,1H3/t19-,20+/m0/s1. The zero-order valence-corrected chi connectivity index (χ0v) is 13.4. The average molecular weight is 322 g/mol. The summed E-state index contributed by atoms with van der Waals surface area (Å²) >= 11 is 0. The van der Waals surface area contributed by atoms with E-state index in [-0.39, 0.29) is 0 Å². The first-order chi connectivity index (χ1) is 11.6. The predicted octanol–water partition coefficient (Wildman–Crippen LogP) is 3.02. The number of hydrogen-bond acceptors (Lipinski definition) is 4. The monoisotopic (exact) mass is 322 g/mol. The van der Waals surface area contributed by atoms with E-state index < -0.39 is 17.4 Å². The Morgan fingerprint density at radius 3 is 2.29 bits per heavy atom. The van der Waals surface area contributed by atoms with Gasteiger partial charge in [-0.2, -0.15) is 0 Å². The number of carbonyl (C=O) groups is 1. The Hall–Kier alpha value is -2.43. The van der Waals surface area contributed by atoms with Gasteiger partial charge in [0.15, 0.2) is 5.60 Å². The highest BCUT2D eigenvalue weighted by atomic mass is 16.7. The summed E-state index contributed by atoms with van der Waals surface area (Å²) in [5.74, 6) is -2.30. The van der Waals surface area contributed by atoms with Crippen LogP contribution < -0.4 is 0 Å². The summed E-state index contributed by atoms with van der Waals surface area (Å²) < 4.78 is 11.4. The second kappa shape index (κ2) is 5.30. The van der Waals surface area contributed by atoms with E-state index in [1.807, 2.05) is 60.7 Å². The van der Waals surface area contributed by atoms with E-state index in [4.69, 9.17) is 9.47 Å². The highest BCUT2D eigenvalue weighted by Crippen LogP contribution is 2.52. The molecule has 0 aliphatic carbocycles. The molecule has 0 amide bonds. The first-order valence-corrected chi connectivity index (χ1v) is 8.00. The van der Waals surface area contributed by atoms with Gasteiger partial charge in [-0.15, -0.1) is 0 Å². The molecule has 0 saturated carbocycles. The summed E-state index contributed by atoms with van der Waals surface area (Å²) in [5, 5.41) is 11.4. The molecule has 0 unspecified atom stereocenters. The van der Waals surface area contributed by atoms with E-state index in [1.165, 1.54) is 0 Å². The fraction of sp³-hybridized carbons (Fsp3) is 0.250. The molecule has 2 aromatic rings. The highest BCUT2D eigenvalue weighted by molar-refractivity contribution is 6.20. The molecule has 0 aromatic heterocycles. The van der Waals surface area contributed by atoms with Gasteiger partial charge < -0.3 is 14.6 Å². The van der Waals surface area contributed by atoms with Crippen molar-refractivity contribution in [1.29, 1.82) is 0 Å². The average Bonchev–Trinajstić information content (AvgIpc) is 2.88. The summed E-state index contributed by atoms with van der Waals surface area (Å²) in [6.07, 6.45) is 0.453. The zero-order chi connectivity index (χ0) is 16.8. The van der Waals surface area contributed by atoms with Crippen LogP contribution in [0.3, 0.4) is 0 Å². The first kappa shape index (κ1) is 15.1. The number of hydrogen-bond donors (Lipinski definition) is 1. The lowest BCUT2D eigenvalue weighted by atomic mass is 9.78. The number of aliphatic hydroxyl groups is 1. The zero-order valence-electron chi connectivity index (χ0n) is 13.4. The lowest BCUT2D eigenvalue weighted by molar-refractivity contribution is -0.284. The molecule has 2 aromatic carbocycles. The topological polar surface area (TPSA) is 55.8 Å². The van der Waals surface area contributed by atoms with Crippen molar-refractivity contribution in [2.45, 2.75) is 24.7 Å². The van der Waals surface area contributed by atoms with Crippen molar-refractivity contribution in [3.05, 3.63) is 77.4 Å². The summed E-state index contributed by atoms with van der Waals surface area (Å²) in [5.41, 5.74) is 1.42. The van der Waals surface area contributed by atoms with Crippen molar-refractivity contribution in [3.8, 4) is 0 Å². The molecule has 1 N–H and O–H groups in total. The Kier molecular flexibility index (Phi) is 3.34.